The number of amides is 3. The first-order valence-corrected chi connectivity index (χ1v) is 10.1. The summed E-state index contributed by atoms with van der Waals surface area (Å²) in [4.78, 5) is 53.8. The summed E-state index contributed by atoms with van der Waals surface area (Å²) in [5.74, 6) is -1.80. The van der Waals surface area contributed by atoms with Crippen LogP contribution in [0.4, 0.5) is 5.69 Å². The van der Waals surface area contributed by atoms with Crippen molar-refractivity contribution in [1.29, 1.82) is 0 Å². The van der Waals surface area contributed by atoms with E-state index in [1.165, 1.54) is 19.3 Å². The number of imide groups is 1. The molecule has 2 aromatic rings. The molecule has 30 heavy (non-hydrogen) atoms. The molecule has 0 aliphatic carbocycles. The summed E-state index contributed by atoms with van der Waals surface area (Å²) in [5.41, 5.74) is 2.68. The zero-order chi connectivity index (χ0) is 21.8. The molecule has 0 radical (unpaired) electrons. The molecule has 1 aliphatic rings. The van der Waals surface area contributed by atoms with E-state index >= 15 is 0 Å². The van der Waals surface area contributed by atoms with E-state index in [9.17, 15) is 19.2 Å². The number of ether oxygens (including phenoxy) is 1. The molecule has 0 saturated carbocycles. The van der Waals surface area contributed by atoms with Gasteiger partial charge in [0.15, 0.2) is 6.61 Å². The summed E-state index contributed by atoms with van der Waals surface area (Å²) in [5, 5.41) is 2.36. The minimum absolute atomic E-state index is 0.0450. The molecule has 0 bridgehead atoms. The van der Waals surface area contributed by atoms with Gasteiger partial charge in [0.1, 0.15) is 5.03 Å². The summed E-state index contributed by atoms with van der Waals surface area (Å²) in [6.45, 7) is 3.32. The molecule has 1 saturated heterocycles. The number of aryl methyl sites for hydroxylation is 2. The molecule has 1 fully saturated rings. The average molecular weight is 427 g/mol. The van der Waals surface area contributed by atoms with Crippen molar-refractivity contribution in [1.82, 2.24) is 9.88 Å². The molecule has 2 heterocycles. The standard InChI is InChI=1S/C21H21N3O5S/c1-12-6-7-13(2)15(9-12)23-17(25)11-29-21(28)14-5-4-8-22-19(14)30-16-10-18(26)24(3)20(16)27/h4-9,16H,10-11H2,1-3H3,(H,23,25). The number of benzene rings is 1. The van der Waals surface area contributed by atoms with Gasteiger partial charge in [-0.15, -0.1) is 0 Å². The Morgan fingerprint density at radius 1 is 1.27 bits per heavy atom. The van der Waals surface area contributed by atoms with E-state index in [1.807, 2.05) is 32.0 Å². The van der Waals surface area contributed by atoms with Crippen LogP contribution in [0.3, 0.4) is 0 Å². The lowest BCUT2D eigenvalue weighted by Gasteiger charge is -2.12. The van der Waals surface area contributed by atoms with Crippen LogP contribution in [0, 0.1) is 13.8 Å². The molecule has 1 aromatic heterocycles. The van der Waals surface area contributed by atoms with Crippen LogP contribution in [0.15, 0.2) is 41.6 Å². The van der Waals surface area contributed by atoms with Gasteiger partial charge in [0.05, 0.1) is 10.8 Å². The molecule has 1 atom stereocenters. The smallest absolute Gasteiger partial charge is 0.341 e. The van der Waals surface area contributed by atoms with Crippen LogP contribution in [0.2, 0.25) is 0 Å². The van der Waals surface area contributed by atoms with E-state index in [4.69, 9.17) is 4.74 Å². The van der Waals surface area contributed by atoms with Gasteiger partial charge in [-0.3, -0.25) is 19.3 Å². The number of likely N-dealkylation sites (tertiary alicyclic amines) is 1. The molecule has 8 nitrogen and oxygen atoms in total. The van der Waals surface area contributed by atoms with E-state index in [0.717, 1.165) is 27.8 Å². The first-order chi connectivity index (χ1) is 14.3. The van der Waals surface area contributed by atoms with Gasteiger partial charge in [-0.05, 0) is 43.2 Å². The monoisotopic (exact) mass is 427 g/mol. The summed E-state index contributed by atoms with van der Waals surface area (Å²) < 4.78 is 5.14. The third kappa shape index (κ3) is 4.85. The molecule has 0 spiro atoms. The second kappa shape index (κ2) is 9.08. The fourth-order valence-corrected chi connectivity index (χ4v) is 4.01. The molecular formula is C21H21N3O5S. The lowest BCUT2D eigenvalue weighted by molar-refractivity contribution is -0.136. The maximum absolute atomic E-state index is 12.5. The van der Waals surface area contributed by atoms with E-state index < -0.39 is 23.7 Å². The van der Waals surface area contributed by atoms with Crippen LogP contribution >= 0.6 is 11.8 Å². The van der Waals surface area contributed by atoms with E-state index in [-0.39, 0.29) is 28.8 Å². The van der Waals surface area contributed by atoms with Crippen molar-refractivity contribution in [3.63, 3.8) is 0 Å². The number of pyridine rings is 1. The number of nitrogens with one attached hydrogen (secondary N) is 1. The number of esters is 1. The minimum Gasteiger partial charge on any atom is -0.452 e. The van der Waals surface area contributed by atoms with Gasteiger partial charge in [0, 0.05) is 25.4 Å². The summed E-state index contributed by atoms with van der Waals surface area (Å²) >= 11 is 1.04. The molecule has 1 unspecified atom stereocenters. The van der Waals surface area contributed by atoms with Gasteiger partial charge in [-0.2, -0.15) is 0 Å². The Morgan fingerprint density at radius 2 is 2.03 bits per heavy atom. The van der Waals surface area contributed by atoms with Crippen molar-refractivity contribution in [2.45, 2.75) is 30.5 Å². The molecule has 1 aromatic carbocycles. The van der Waals surface area contributed by atoms with Crippen LogP contribution in [-0.4, -0.2) is 52.5 Å². The van der Waals surface area contributed by atoms with Gasteiger partial charge in [-0.1, -0.05) is 23.9 Å². The molecular weight excluding hydrogens is 406 g/mol. The zero-order valence-electron chi connectivity index (χ0n) is 16.8. The molecule has 3 rings (SSSR count). The lowest BCUT2D eigenvalue weighted by atomic mass is 10.1. The maximum Gasteiger partial charge on any atom is 0.341 e. The van der Waals surface area contributed by atoms with E-state index in [0.29, 0.717) is 5.69 Å². The first-order valence-electron chi connectivity index (χ1n) is 9.22. The zero-order valence-corrected chi connectivity index (χ0v) is 17.6. The Hall–Kier alpha value is -3.20. The first kappa shape index (κ1) is 21.5. The Kier molecular flexibility index (Phi) is 6.51. The Labute approximate surface area is 178 Å². The summed E-state index contributed by atoms with van der Waals surface area (Å²) in [6, 6.07) is 8.73. The van der Waals surface area contributed by atoms with Crippen LogP contribution in [0.5, 0.6) is 0 Å². The van der Waals surface area contributed by atoms with Gasteiger partial charge in [0.2, 0.25) is 11.8 Å². The maximum atomic E-state index is 12.5. The summed E-state index contributed by atoms with van der Waals surface area (Å²) in [6.07, 6.45) is 1.53. The largest absolute Gasteiger partial charge is 0.452 e. The number of hydrogen-bond acceptors (Lipinski definition) is 7. The van der Waals surface area contributed by atoms with Crippen molar-refractivity contribution in [3.8, 4) is 0 Å². The van der Waals surface area contributed by atoms with Gasteiger partial charge >= 0.3 is 5.97 Å². The van der Waals surface area contributed by atoms with Crippen LogP contribution in [-0.2, 0) is 19.1 Å². The third-order valence-electron chi connectivity index (χ3n) is 4.59. The number of carbonyl (C=O) groups is 4. The minimum atomic E-state index is -0.730. The number of hydrogen-bond donors (Lipinski definition) is 1. The number of anilines is 1. The van der Waals surface area contributed by atoms with Gasteiger partial charge in [-0.25, -0.2) is 9.78 Å². The third-order valence-corrected chi connectivity index (χ3v) is 5.79. The average Bonchev–Trinajstić information content (AvgIpc) is 2.96. The predicted octanol–water partition coefficient (Wildman–Crippen LogP) is 2.34. The second-order valence-corrected chi connectivity index (χ2v) is 8.09. The Bertz CT molecular complexity index is 1020. The normalized spacial score (nSPS) is 16.0. The fraction of sp³-hybridized carbons (Fsp3) is 0.286. The predicted molar refractivity (Wildman–Crippen MR) is 111 cm³/mol. The highest BCUT2D eigenvalue weighted by Gasteiger charge is 2.37. The van der Waals surface area contributed by atoms with Crippen molar-refractivity contribution < 1.29 is 23.9 Å². The van der Waals surface area contributed by atoms with E-state index in [1.54, 1.807) is 6.07 Å². The van der Waals surface area contributed by atoms with Gasteiger partial charge in [0.25, 0.3) is 5.91 Å². The number of rotatable bonds is 6. The fourth-order valence-electron chi connectivity index (χ4n) is 2.85. The number of aromatic nitrogens is 1. The number of thioether (sulfide) groups is 1. The van der Waals surface area contributed by atoms with Gasteiger partial charge < -0.3 is 10.1 Å². The van der Waals surface area contributed by atoms with Crippen molar-refractivity contribution >= 4 is 41.1 Å². The summed E-state index contributed by atoms with van der Waals surface area (Å²) in [7, 11) is 1.42. The molecule has 9 heteroatoms. The molecule has 1 aliphatic heterocycles. The highest BCUT2D eigenvalue weighted by atomic mass is 32.2. The van der Waals surface area contributed by atoms with Crippen LogP contribution in [0.25, 0.3) is 0 Å². The highest BCUT2D eigenvalue weighted by Crippen LogP contribution is 2.31. The SMILES string of the molecule is Cc1ccc(C)c(NC(=O)COC(=O)c2cccnc2SC2CC(=O)N(C)C2=O)c1. The lowest BCUT2D eigenvalue weighted by Crippen LogP contribution is -2.26. The molecule has 3 amide bonds. The Morgan fingerprint density at radius 3 is 2.73 bits per heavy atom. The van der Waals surface area contributed by atoms with Crippen LogP contribution < -0.4 is 5.32 Å². The quantitative estimate of drug-likeness (QED) is 0.557. The topological polar surface area (TPSA) is 106 Å². The molecule has 156 valence electrons. The highest BCUT2D eigenvalue weighted by molar-refractivity contribution is 8.00. The molecule has 1 N–H and O–H groups in total. The van der Waals surface area contributed by atoms with E-state index in [2.05, 4.69) is 10.3 Å². The van der Waals surface area contributed by atoms with Crippen molar-refractivity contribution in [2.24, 2.45) is 0 Å². The number of nitrogens with zero attached hydrogens (tertiary/aromatic N) is 2. The Balaban J connectivity index is 1.63. The van der Waals surface area contributed by atoms with Crippen LogP contribution in [0.1, 0.15) is 27.9 Å². The van der Waals surface area contributed by atoms with Crippen molar-refractivity contribution in [2.75, 3.05) is 19.0 Å². The van der Waals surface area contributed by atoms with Crippen molar-refractivity contribution in [3.05, 3.63) is 53.2 Å². The number of carbonyl (C=O) groups excluding carboxylic acids is 4. The second-order valence-electron chi connectivity index (χ2n) is 6.90.